The van der Waals surface area contributed by atoms with Gasteiger partial charge in [0, 0.05) is 23.3 Å². The van der Waals surface area contributed by atoms with Crippen LogP contribution in [0.1, 0.15) is 28.4 Å². The third-order valence-electron chi connectivity index (χ3n) is 2.82. The third kappa shape index (κ3) is 3.40. The number of aryl methyl sites for hydroxylation is 2. The van der Waals surface area contributed by atoms with E-state index in [9.17, 15) is 5.11 Å². The van der Waals surface area contributed by atoms with Gasteiger partial charge in [-0.05, 0) is 47.0 Å². The van der Waals surface area contributed by atoms with Gasteiger partial charge >= 0.3 is 0 Å². The molecule has 18 heavy (non-hydrogen) atoms. The number of pyridine rings is 1. The lowest BCUT2D eigenvalue weighted by Gasteiger charge is -2.13. The van der Waals surface area contributed by atoms with E-state index in [0.717, 1.165) is 15.6 Å². The van der Waals surface area contributed by atoms with E-state index >= 15 is 0 Å². The second-order valence-electron chi connectivity index (χ2n) is 4.65. The second kappa shape index (κ2) is 5.63. The number of aliphatic hydroxyl groups excluding tert-OH is 1. The third-order valence-corrected chi connectivity index (χ3v) is 3.25. The van der Waals surface area contributed by atoms with E-state index in [0.29, 0.717) is 6.42 Å². The molecule has 0 saturated heterocycles. The fourth-order valence-corrected chi connectivity index (χ4v) is 2.52. The Hall–Kier alpha value is -1.19. The van der Waals surface area contributed by atoms with Crippen LogP contribution in [0.25, 0.3) is 0 Å². The predicted molar refractivity (Wildman–Crippen MR) is 76.5 cm³/mol. The number of hydrogen-bond acceptors (Lipinski definition) is 2. The maximum Gasteiger partial charge on any atom is 0.0831 e. The molecule has 1 aromatic carbocycles. The molecule has 3 heteroatoms. The zero-order valence-electron chi connectivity index (χ0n) is 10.5. The first-order valence-corrected chi connectivity index (χ1v) is 6.69. The van der Waals surface area contributed by atoms with Crippen molar-refractivity contribution in [3.05, 3.63) is 63.4 Å². The summed E-state index contributed by atoms with van der Waals surface area (Å²) in [4.78, 5) is 4.11. The van der Waals surface area contributed by atoms with Crippen LogP contribution in [0, 0.1) is 13.8 Å². The smallest absolute Gasteiger partial charge is 0.0831 e. The van der Waals surface area contributed by atoms with Crippen LogP contribution in [0.15, 0.2) is 41.1 Å². The Labute approximate surface area is 116 Å². The molecule has 0 aliphatic rings. The van der Waals surface area contributed by atoms with Crippen molar-refractivity contribution in [3.63, 3.8) is 0 Å². The number of halogens is 1. The molecule has 1 heterocycles. The van der Waals surface area contributed by atoms with Crippen molar-refractivity contribution in [1.29, 1.82) is 0 Å². The molecule has 0 fully saturated rings. The van der Waals surface area contributed by atoms with Gasteiger partial charge < -0.3 is 5.11 Å². The van der Waals surface area contributed by atoms with Crippen LogP contribution in [0.2, 0.25) is 0 Å². The minimum absolute atomic E-state index is 0.486. The van der Waals surface area contributed by atoms with Gasteiger partial charge in [0.1, 0.15) is 0 Å². The lowest BCUT2D eigenvalue weighted by atomic mass is 9.99. The Balaban J connectivity index is 2.19. The number of benzene rings is 1. The van der Waals surface area contributed by atoms with Gasteiger partial charge in [0.15, 0.2) is 0 Å². The minimum Gasteiger partial charge on any atom is -0.388 e. The molecule has 0 amide bonds. The molecule has 0 spiro atoms. The van der Waals surface area contributed by atoms with Gasteiger partial charge in [-0.15, -0.1) is 0 Å². The quantitative estimate of drug-likeness (QED) is 0.937. The average molecular weight is 306 g/mol. The molecule has 1 N–H and O–H groups in total. The van der Waals surface area contributed by atoms with Gasteiger partial charge in [-0.2, -0.15) is 0 Å². The van der Waals surface area contributed by atoms with Crippen LogP contribution < -0.4 is 0 Å². The van der Waals surface area contributed by atoms with Crippen LogP contribution in [0.3, 0.4) is 0 Å². The largest absolute Gasteiger partial charge is 0.388 e. The molecular weight excluding hydrogens is 290 g/mol. The van der Waals surface area contributed by atoms with Crippen molar-refractivity contribution in [2.45, 2.75) is 26.4 Å². The van der Waals surface area contributed by atoms with Crippen molar-refractivity contribution < 1.29 is 5.11 Å². The van der Waals surface area contributed by atoms with E-state index in [1.54, 1.807) is 12.4 Å². The molecule has 0 aliphatic carbocycles. The number of aliphatic hydroxyl groups is 1. The van der Waals surface area contributed by atoms with E-state index in [2.05, 4.69) is 27.0 Å². The van der Waals surface area contributed by atoms with Crippen LogP contribution in [-0.4, -0.2) is 10.1 Å². The molecule has 2 nitrogen and oxygen atoms in total. The number of nitrogens with zero attached hydrogens (tertiary/aromatic N) is 1. The van der Waals surface area contributed by atoms with Gasteiger partial charge in [0.05, 0.1) is 6.10 Å². The minimum atomic E-state index is -0.486. The first kappa shape index (κ1) is 13.2. The standard InChI is InChI=1S/C15H16BrNO/c1-10-3-11(2)5-13(4-10)15(18)7-12-6-14(16)9-17-8-12/h3-6,8-9,15,18H,7H2,1-2H3. The predicted octanol–water partition coefficient (Wildman–Crippen LogP) is 3.74. The van der Waals surface area contributed by atoms with Crippen molar-refractivity contribution in [3.8, 4) is 0 Å². The topological polar surface area (TPSA) is 33.1 Å². The van der Waals surface area contributed by atoms with Crippen molar-refractivity contribution >= 4 is 15.9 Å². The summed E-state index contributed by atoms with van der Waals surface area (Å²) in [5, 5.41) is 10.3. The Kier molecular flexibility index (Phi) is 4.15. The van der Waals surface area contributed by atoms with Crippen molar-refractivity contribution in [2.24, 2.45) is 0 Å². The van der Waals surface area contributed by atoms with Gasteiger partial charge in [0.25, 0.3) is 0 Å². The fraction of sp³-hybridized carbons (Fsp3) is 0.267. The summed E-state index contributed by atoms with van der Waals surface area (Å²) in [6, 6.07) is 8.15. The Bertz CT molecular complexity index is 534. The molecular formula is C15H16BrNO. The highest BCUT2D eigenvalue weighted by atomic mass is 79.9. The van der Waals surface area contributed by atoms with E-state index in [4.69, 9.17) is 0 Å². The normalized spacial score (nSPS) is 12.4. The van der Waals surface area contributed by atoms with Crippen LogP contribution >= 0.6 is 15.9 Å². The monoisotopic (exact) mass is 305 g/mol. The summed E-state index contributed by atoms with van der Waals surface area (Å²) >= 11 is 3.39. The van der Waals surface area contributed by atoms with Gasteiger partial charge in [0.2, 0.25) is 0 Å². The van der Waals surface area contributed by atoms with E-state index in [1.807, 2.05) is 32.0 Å². The molecule has 2 aromatic rings. The van der Waals surface area contributed by atoms with Crippen LogP contribution in [0.4, 0.5) is 0 Å². The Morgan fingerprint density at radius 2 is 1.78 bits per heavy atom. The first-order chi connectivity index (χ1) is 8.54. The molecule has 0 saturated carbocycles. The summed E-state index contributed by atoms with van der Waals surface area (Å²) in [5.41, 5.74) is 4.34. The van der Waals surface area contributed by atoms with Crippen LogP contribution in [0.5, 0.6) is 0 Å². The SMILES string of the molecule is Cc1cc(C)cc(C(O)Cc2cncc(Br)c2)c1. The molecule has 1 unspecified atom stereocenters. The molecule has 1 atom stereocenters. The van der Waals surface area contributed by atoms with Crippen molar-refractivity contribution in [1.82, 2.24) is 4.98 Å². The molecule has 2 rings (SSSR count). The highest BCUT2D eigenvalue weighted by molar-refractivity contribution is 9.10. The van der Waals surface area contributed by atoms with Crippen molar-refractivity contribution in [2.75, 3.05) is 0 Å². The summed E-state index contributed by atoms with van der Waals surface area (Å²) in [7, 11) is 0. The van der Waals surface area contributed by atoms with Gasteiger partial charge in [-0.25, -0.2) is 0 Å². The summed E-state index contributed by atoms with van der Waals surface area (Å²) < 4.78 is 0.938. The summed E-state index contributed by atoms with van der Waals surface area (Å²) in [6.07, 6.45) is 3.62. The van der Waals surface area contributed by atoms with Gasteiger partial charge in [-0.3, -0.25) is 4.98 Å². The van der Waals surface area contributed by atoms with E-state index in [1.165, 1.54) is 11.1 Å². The first-order valence-electron chi connectivity index (χ1n) is 5.90. The Morgan fingerprint density at radius 3 is 2.39 bits per heavy atom. The number of aromatic nitrogens is 1. The second-order valence-corrected chi connectivity index (χ2v) is 5.57. The number of hydrogen-bond donors (Lipinski definition) is 1. The lowest BCUT2D eigenvalue weighted by Crippen LogP contribution is -2.03. The highest BCUT2D eigenvalue weighted by Gasteiger charge is 2.10. The molecule has 94 valence electrons. The Morgan fingerprint density at radius 1 is 1.11 bits per heavy atom. The number of rotatable bonds is 3. The zero-order chi connectivity index (χ0) is 13.1. The maximum atomic E-state index is 10.3. The summed E-state index contributed by atoms with van der Waals surface area (Å²) in [5.74, 6) is 0. The zero-order valence-corrected chi connectivity index (χ0v) is 12.1. The molecule has 1 aromatic heterocycles. The average Bonchev–Trinajstić information content (AvgIpc) is 2.27. The highest BCUT2D eigenvalue weighted by Crippen LogP contribution is 2.21. The maximum absolute atomic E-state index is 10.3. The molecule has 0 radical (unpaired) electrons. The van der Waals surface area contributed by atoms with E-state index in [-0.39, 0.29) is 0 Å². The van der Waals surface area contributed by atoms with Crippen LogP contribution in [-0.2, 0) is 6.42 Å². The fourth-order valence-electron chi connectivity index (χ4n) is 2.11. The lowest BCUT2D eigenvalue weighted by molar-refractivity contribution is 0.178. The molecule has 0 bridgehead atoms. The van der Waals surface area contributed by atoms with E-state index < -0.39 is 6.10 Å². The molecule has 0 aliphatic heterocycles. The van der Waals surface area contributed by atoms with Gasteiger partial charge in [-0.1, -0.05) is 29.3 Å². The summed E-state index contributed by atoms with van der Waals surface area (Å²) in [6.45, 7) is 4.09.